The molecule has 0 amide bonds. The minimum absolute atomic E-state index is 0.102. The number of hydrogen-bond donors (Lipinski definition) is 3. The van der Waals surface area contributed by atoms with E-state index < -0.39 is 6.10 Å². The molecule has 1 rings (SSSR count). The zero-order valence-corrected chi connectivity index (χ0v) is 9.41. The van der Waals surface area contributed by atoms with Crippen LogP contribution in [0.5, 0.6) is 0 Å². The lowest BCUT2D eigenvalue weighted by Gasteiger charge is -2.16. The highest BCUT2D eigenvalue weighted by Gasteiger charge is 2.07. The van der Waals surface area contributed by atoms with Gasteiger partial charge in [0.25, 0.3) is 0 Å². The Balaban J connectivity index is 2.50. The van der Waals surface area contributed by atoms with Crippen LogP contribution in [0, 0.1) is 0 Å². The third-order valence-corrected chi connectivity index (χ3v) is 2.45. The molecule has 0 fully saturated rings. The number of aliphatic hydroxyl groups is 2. The van der Waals surface area contributed by atoms with Crippen LogP contribution in [0.25, 0.3) is 0 Å². The van der Waals surface area contributed by atoms with E-state index in [1.165, 1.54) is 0 Å². The molecule has 4 heteroatoms. The lowest BCUT2D eigenvalue weighted by molar-refractivity contribution is 0.0924. The summed E-state index contributed by atoms with van der Waals surface area (Å²) in [7, 11) is 0. The molecular weight excluding hydrogens is 214 g/mol. The molecule has 15 heavy (non-hydrogen) atoms. The highest BCUT2D eigenvalue weighted by atomic mass is 35.5. The Morgan fingerprint density at radius 2 is 2.20 bits per heavy atom. The second-order valence-corrected chi connectivity index (χ2v) is 3.96. The van der Waals surface area contributed by atoms with Crippen molar-refractivity contribution in [3.8, 4) is 0 Å². The fourth-order valence-electron chi connectivity index (χ4n) is 1.27. The smallest absolute Gasteiger partial charge is 0.0895 e. The molecule has 0 aliphatic heterocycles. The van der Waals surface area contributed by atoms with Gasteiger partial charge in [-0.05, 0) is 24.6 Å². The molecule has 1 aromatic rings. The highest BCUT2D eigenvalue weighted by Crippen LogP contribution is 2.16. The molecule has 0 radical (unpaired) electrons. The van der Waals surface area contributed by atoms with Crippen molar-refractivity contribution in [3.63, 3.8) is 0 Å². The molecule has 3 N–H and O–H groups in total. The zero-order valence-electron chi connectivity index (χ0n) is 8.65. The Morgan fingerprint density at radius 3 is 2.80 bits per heavy atom. The van der Waals surface area contributed by atoms with Crippen LogP contribution in [-0.2, 0) is 0 Å². The molecule has 0 unspecified atom stereocenters. The molecule has 0 aliphatic carbocycles. The maximum absolute atomic E-state index is 9.17. The molecule has 1 aromatic carbocycles. The number of nitrogens with one attached hydrogen (secondary N) is 1. The number of hydrogen-bond acceptors (Lipinski definition) is 3. The van der Waals surface area contributed by atoms with Crippen molar-refractivity contribution in [3.05, 3.63) is 34.9 Å². The predicted molar refractivity (Wildman–Crippen MR) is 61.0 cm³/mol. The summed E-state index contributed by atoms with van der Waals surface area (Å²) < 4.78 is 0. The summed E-state index contributed by atoms with van der Waals surface area (Å²) in [5.41, 5.74) is 1.06. The highest BCUT2D eigenvalue weighted by molar-refractivity contribution is 6.30. The van der Waals surface area contributed by atoms with Gasteiger partial charge in [-0.3, -0.25) is 0 Å². The van der Waals surface area contributed by atoms with Crippen LogP contribution in [0.15, 0.2) is 24.3 Å². The van der Waals surface area contributed by atoms with E-state index in [4.69, 9.17) is 21.8 Å². The van der Waals surface area contributed by atoms with Gasteiger partial charge in [0, 0.05) is 17.6 Å². The first-order valence-corrected chi connectivity index (χ1v) is 5.29. The van der Waals surface area contributed by atoms with Gasteiger partial charge in [-0.1, -0.05) is 23.7 Å². The number of aliphatic hydroxyl groups excluding tert-OH is 2. The summed E-state index contributed by atoms with van der Waals surface area (Å²) >= 11 is 5.86. The summed E-state index contributed by atoms with van der Waals surface area (Å²) in [6.07, 6.45) is -0.716. The van der Waals surface area contributed by atoms with Gasteiger partial charge in [-0.25, -0.2) is 0 Å². The van der Waals surface area contributed by atoms with E-state index in [-0.39, 0.29) is 12.6 Å². The topological polar surface area (TPSA) is 52.5 Å². The van der Waals surface area contributed by atoms with Crippen LogP contribution in [0.1, 0.15) is 18.5 Å². The van der Waals surface area contributed by atoms with Crippen LogP contribution in [0.4, 0.5) is 0 Å². The second-order valence-electron chi connectivity index (χ2n) is 3.52. The average Bonchev–Trinajstić information content (AvgIpc) is 2.25. The molecule has 0 saturated heterocycles. The van der Waals surface area contributed by atoms with Crippen LogP contribution < -0.4 is 5.32 Å². The van der Waals surface area contributed by atoms with Gasteiger partial charge < -0.3 is 15.5 Å². The number of benzene rings is 1. The average molecular weight is 230 g/mol. The second kappa shape index (κ2) is 6.08. The summed E-state index contributed by atoms with van der Waals surface area (Å²) in [6, 6.07) is 7.66. The van der Waals surface area contributed by atoms with Gasteiger partial charge >= 0.3 is 0 Å². The van der Waals surface area contributed by atoms with Crippen LogP contribution in [0.3, 0.4) is 0 Å². The lowest BCUT2D eigenvalue weighted by Crippen LogP contribution is -2.31. The maximum Gasteiger partial charge on any atom is 0.0895 e. The van der Waals surface area contributed by atoms with Crippen molar-refractivity contribution in [1.82, 2.24) is 5.32 Å². The van der Waals surface area contributed by atoms with E-state index in [2.05, 4.69) is 5.32 Å². The molecule has 0 saturated carbocycles. The third kappa shape index (κ3) is 4.18. The van der Waals surface area contributed by atoms with E-state index in [9.17, 15) is 0 Å². The molecule has 84 valence electrons. The fraction of sp³-hybridized carbons (Fsp3) is 0.455. The van der Waals surface area contributed by atoms with E-state index in [1.54, 1.807) is 0 Å². The van der Waals surface area contributed by atoms with Gasteiger partial charge in [0.1, 0.15) is 0 Å². The summed E-state index contributed by atoms with van der Waals surface area (Å²) in [4.78, 5) is 0. The Bertz CT molecular complexity index is 306. The third-order valence-electron chi connectivity index (χ3n) is 2.22. The molecule has 0 aliphatic rings. The summed E-state index contributed by atoms with van der Waals surface area (Å²) in [6.45, 7) is 2.12. The molecule has 0 bridgehead atoms. The molecule has 0 spiro atoms. The summed E-state index contributed by atoms with van der Waals surface area (Å²) in [5, 5.41) is 21.6. The van der Waals surface area contributed by atoms with Crippen LogP contribution in [0.2, 0.25) is 5.02 Å². The first kappa shape index (κ1) is 12.5. The Labute approximate surface area is 94.7 Å². The lowest BCUT2D eigenvalue weighted by atomic mass is 10.1. The van der Waals surface area contributed by atoms with E-state index >= 15 is 0 Å². The van der Waals surface area contributed by atoms with Crippen LogP contribution in [-0.4, -0.2) is 29.5 Å². The molecule has 2 atom stereocenters. The zero-order chi connectivity index (χ0) is 11.3. The molecular formula is C11H16ClNO2. The number of rotatable bonds is 5. The molecule has 0 heterocycles. The van der Waals surface area contributed by atoms with Gasteiger partial charge in [0.15, 0.2) is 0 Å². The normalized spacial score (nSPS) is 14.9. The van der Waals surface area contributed by atoms with E-state index in [0.717, 1.165) is 5.56 Å². The molecule has 0 aromatic heterocycles. The van der Waals surface area contributed by atoms with Crippen molar-refractivity contribution in [2.24, 2.45) is 0 Å². The summed E-state index contributed by atoms with van der Waals surface area (Å²) in [5.74, 6) is 0. The Kier molecular flexibility index (Phi) is 5.05. The maximum atomic E-state index is 9.17. The minimum Gasteiger partial charge on any atom is -0.394 e. The predicted octanol–water partition coefficient (Wildman–Crippen LogP) is 1.34. The Hall–Kier alpha value is -0.610. The quantitative estimate of drug-likeness (QED) is 0.715. The largest absolute Gasteiger partial charge is 0.394 e. The fourth-order valence-corrected chi connectivity index (χ4v) is 1.47. The SMILES string of the molecule is C[C@H](NC[C@H](O)CO)c1cccc(Cl)c1. The van der Waals surface area contributed by atoms with Gasteiger partial charge in [0.05, 0.1) is 12.7 Å². The van der Waals surface area contributed by atoms with E-state index in [0.29, 0.717) is 11.6 Å². The van der Waals surface area contributed by atoms with Gasteiger partial charge in [0.2, 0.25) is 0 Å². The van der Waals surface area contributed by atoms with Crippen molar-refractivity contribution in [2.45, 2.75) is 19.1 Å². The minimum atomic E-state index is -0.716. The van der Waals surface area contributed by atoms with Crippen molar-refractivity contribution >= 4 is 11.6 Å². The van der Waals surface area contributed by atoms with Crippen molar-refractivity contribution in [2.75, 3.05) is 13.2 Å². The monoisotopic (exact) mass is 229 g/mol. The van der Waals surface area contributed by atoms with Gasteiger partial charge in [-0.15, -0.1) is 0 Å². The van der Waals surface area contributed by atoms with Crippen molar-refractivity contribution < 1.29 is 10.2 Å². The first-order valence-electron chi connectivity index (χ1n) is 4.91. The Morgan fingerprint density at radius 1 is 1.47 bits per heavy atom. The van der Waals surface area contributed by atoms with Crippen LogP contribution >= 0.6 is 11.6 Å². The molecule has 3 nitrogen and oxygen atoms in total. The first-order chi connectivity index (χ1) is 7.13. The van der Waals surface area contributed by atoms with E-state index in [1.807, 2.05) is 31.2 Å². The standard InChI is InChI=1S/C11H16ClNO2/c1-8(13-6-11(15)7-14)9-3-2-4-10(12)5-9/h2-5,8,11,13-15H,6-7H2,1H3/t8-,11-/m0/s1. The number of halogens is 1. The van der Waals surface area contributed by atoms with Gasteiger partial charge in [-0.2, -0.15) is 0 Å². The van der Waals surface area contributed by atoms with Crippen molar-refractivity contribution in [1.29, 1.82) is 0 Å².